The topological polar surface area (TPSA) is 83.6 Å². The molecule has 0 radical (unpaired) electrons. The minimum absolute atomic E-state index is 0.0365. The molecule has 0 aromatic carbocycles. The summed E-state index contributed by atoms with van der Waals surface area (Å²) in [5.74, 6) is 0.135. The van der Waals surface area contributed by atoms with Crippen molar-refractivity contribution in [1.82, 2.24) is 4.90 Å². The van der Waals surface area contributed by atoms with Gasteiger partial charge in [0.1, 0.15) is 6.04 Å². The number of nitrogens with two attached hydrogens (primary N) is 1. The molecular weight excluding hydrogens is 276 g/mol. The number of hydrogen-bond acceptors (Lipinski definition) is 4. The van der Waals surface area contributed by atoms with Crippen molar-refractivity contribution in [2.24, 2.45) is 17.6 Å². The van der Waals surface area contributed by atoms with E-state index < -0.39 is 12.0 Å². The second-order valence-electron chi connectivity index (χ2n) is 6.28. The maximum atomic E-state index is 12.8. The van der Waals surface area contributed by atoms with E-state index in [1.807, 2.05) is 0 Å². The number of carboxylic acids is 1. The van der Waals surface area contributed by atoms with Crippen LogP contribution in [0.5, 0.6) is 0 Å². The van der Waals surface area contributed by atoms with Gasteiger partial charge in [0, 0.05) is 17.7 Å². The second-order valence-corrected chi connectivity index (χ2v) is 7.43. The largest absolute Gasteiger partial charge is 0.480 e. The van der Waals surface area contributed by atoms with Gasteiger partial charge >= 0.3 is 5.97 Å². The number of nitrogens with zero attached hydrogens (tertiary/aromatic N) is 1. The molecule has 1 heterocycles. The molecule has 0 bridgehead atoms. The third-order valence-electron chi connectivity index (χ3n) is 4.66. The number of amides is 1. The molecule has 4 unspecified atom stereocenters. The zero-order valence-corrected chi connectivity index (χ0v) is 12.3. The summed E-state index contributed by atoms with van der Waals surface area (Å²) in [6, 6.07) is -0.549. The van der Waals surface area contributed by atoms with Crippen LogP contribution in [0.25, 0.3) is 0 Å². The zero-order chi connectivity index (χ0) is 14.3. The molecule has 0 aromatic heterocycles. The van der Waals surface area contributed by atoms with Crippen LogP contribution in [-0.4, -0.2) is 45.1 Å². The number of thioether (sulfide) groups is 1. The first-order valence-electron chi connectivity index (χ1n) is 7.50. The van der Waals surface area contributed by atoms with Crippen molar-refractivity contribution < 1.29 is 14.7 Å². The molecule has 1 saturated heterocycles. The maximum Gasteiger partial charge on any atom is 0.327 e. The quantitative estimate of drug-likeness (QED) is 0.820. The van der Waals surface area contributed by atoms with Crippen molar-refractivity contribution in [3.8, 4) is 0 Å². The maximum absolute atomic E-state index is 12.8. The lowest BCUT2D eigenvalue weighted by Crippen LogP contribution is -2.50. The number of carbonyl (C=O) groups excluding carboxylic acids is 1. The van der Waals surface area contributed by atoms with Crippen LogP contribution in [0, 0.1) is 11.8 Å². The number of carbonyl (C=O) groups is 2. The van der Waals surface area contributed by atoms with E-state index in [1.54, 1.807) is 16.7 Å². The monoisotopic (exact) mass is 298 g/mol. The van der Waals surface area contributed by atoms with Gasteiger partial charge in [-0.15, -0.1) is 11.8 Å². The van der Waals surface area contributed by atoms with Crippen LogP contribution in [0.15, 0.2) is 0 Å². The molecule has 3 rings (SSSR count). The Balaban J connectivity index is 1.76. The minimum atomic E-state index is -0.867. The lowest BCUT2D eigenvalue weighted by Gasteiger charge is -2.34. The van der Waals surface area contributed by atoms with E-state index >= 15 is 0 Å². The van der Waals surface area contributed by atoms with Gasteiger partial charge < -0.3 is 15.7 Å². The first-order chi connectivity index (χ1) is 9.58. The Morgan fingerprint density at radius 2 is 1.95 bits per heavy atom. The molecule has 1 amide bonds. The van der Waals surface area contributed by atoms with Crippen LogP contribution < -0.4 is 5.73 Å². The van der Waals surface area contributed by atoms with Gasteiger partial charge in [0.2, 0.25) is 5.91 Å². The Morgan fingerprint density at radius 3 is 2.55 bits per heavy atom. The average molecular weight is 298 g/mol. The fraction of sp³-hybridized carbons (Fsp3) is 0.857. The van der Waals surface area contributed by atoms with Crippen LogP contribution in [0.2, 0.25) is 0 Å². The summed E-state index contributed by atoms with van der Waals surface area (Å²) in [6.45, 7) is 0. The van der Waals surface area contributed by atoms with Crippen molar-refractivity contribution in [3.63, 3.8) is 0 Å². The van der Waals surface area contributed by atoms with Crippen molar-refractivity contribution in [1.29, 1.82) is 0 Å². The van der Waals surface area contributed by atoms with E-state index in [0.717, 1.165) is 32.1 Å². The first kappa shape index (κ1) is 14.2. The lowest BCUT2D eigenvalue weighted by molar-refractivity contribution is -0.151. The first-order valence-corrected chi connectivity index (χ1v) is 8.55. The Labute approximate surface area is 123 Å². The van der Waals surface area contributed by atoms with Crippen LogP contribution in [0.1, 0.15) is 38.5 Å². The fourth-order valence-electron chi connectivity index (χ4n) is 3.40. The summed E-state index contributed by atoms with van der Waals surface area (Å²) in [4.78, 5) is 25.9. The summed E-state index contributed by atoms with van der Waals surface area (Å²) in [5.41, 5.74) is 5.97. The van der Waals surface area contributed by atoms with Crippen LogP contribution in [-0.2, 0) is 9.59 Å². The van der Waals surface area contributed by atoms with E-state index in [0.29, 0.717) is 18.1 Å². The molecule has 5 nitrogen and oxygen atoms in total. The highest BCUT2D eigenvalue weighted by molar-refractivity contribution is 8.00. The number of carboxylic acid groups (broad SMARTS) is 1. The third kappa shape index (κ3) is 2.68. The van der Waals surface area contributed by atoms with Crippen molar-refractivity contribution in [3.05, 3.63) is 0 Å². The summed E-state index contributed by atoms with van der Waals surface area (Å²) >= 11 is 1.64. The summed E-state index contributed by atoms with van der Waals surface area (Å²) in [6.07, 6.45) is 5.77. The van der Waals surface area contributed by atoms with Crippen LogP contribution >= 0.6 is 11.8 Å². The standard InChI is InChI=1S/C14H22N2O3S/c15-10-3-1-2-9(6-10)12(17)16-11(14(18)19)7-20-13(16)8-4-5-8/h8-11,13H,1-7,15H2,(H,18,19). The Morgan fingerprint density at radius 1 is 1.20 bits per heavy atom. The second kappa shape index (κ2) is 5.56. The molecule has 20 heavy (non-hydrogen) atoms. The number of hydrogen-bond donors (Lipinski definition) is 2. The van der Waals surface area contributed by atoms with Gasteiger partial charge in [-0.05, 0) is 38.0 Å². The zero-order valence-electron chi connectivity index (χ0n) is 11.5. The molecule has 3 fully saturated rings. The van der Waals surface area contributed by atoms with Gasteiger partial charge in [0.25, 0.3) is 0 Å². The number of rotatable bonds is 3. The summed E-state index contributed by atoms with van der Waals surface area (Å²) in [7, 11) is 0. The van der Waals surface area contributed by atoms with E-state index in [2.05, 4.69) is 0 Å². The van der Waals surface area contributed by atoms with E-state index in [-0.39, 0.29) is 23.2 Å². The van der Waals surface area contributed by atoms with Crippen LogP contribution in [0.3, 0.4) is 0 Å². The Hall–Kier alpha value is -0.750. The number of aliphatic carboxylic acids is 1. The predicted octanol–water partition coefficient (Wildman–Crippen LogP) is 1.27. The highest BCUT2D eigenvalue weighted by atomic mass is 32.2. The Bertz CT molecular complexity index is 413. The molecule has 2 saturated carbocycles. The van der Waals surface area contributed by atoms with E-state index in [4.69, 9.17) is 5.73 Å². The Kier molecular flexibility index (Phi) is 3.95. The highest BCUT2D eigenvalue weighted by Crippen LogP contribution is 2.46. The molecule has 3 aliphatic rings. The SMILES string of the molecule is NC1CCCC(C(=O)N2C(C(=O)O)CSC2C2CC2)C1. The molecule has 3 N–H and O–H groups in total. The third-order valence-corrected chi connectivity index (χ3v) is 6.13. The van der Waals surface area contributed by atoms with Gasteiger partial charge in [-0.2, -0.15) is 0 Å². The van der Waals surface area contributed by atoms with Gasteiger partial charge in [-0.3, -0.25) is 4.79 Å². The molecule has 4 atom stereocenters. The average Bonchev–Trinajstić information content (AvgIpc) is 3.16. The molecule has 1 aliphatic heterocycles. The smallest absolute Gasteiger partial charge is 0.327 e. The van der Waals surface area contributed by atoms with Gasteiger partial charge in [-0.1, -0.05) is 6.42 Å². The predicted molar refractivity (Wildman–Crippen MR) is 77.2 cm³/mol. The highest BCUT2D eigenvalue weighted by Gasteiger charge is 2.49. The fourth-order valence-corrected chi connectivity index (χ4v) is 5.04. The normalized spacial score (nSPS) is 38.0. The van der Waals surface area contributed by atoms with Gasteiger partial charge in [-0.25, -0.2) is 4.79 Å². The van der Waals surface area contributed by atoms with E-state index in [1.165, 1.54) is 0 Å². The summed E-state index contributed by atoms with van der Waals surface area (Å²) in [5, 5.41) is 9.46. The molecule has 2 aliphatic carbocycles. The van der Waals surface area contributed by atoms with Crippen LogP contribution in [0.4, 0.5) is 0 Å². The molecular formula is C14H22N2O3S. The molecule has 6 heteroatoms. The van der Waals surface area contributed by atoms with Crippen molar-refractivity contribution in [2.75, 3.05) is 5.75 Å². The van der Waals surface area contributed by atoms with Crippen molar-refractivity contribution >= 4 is 23.6 Å². The van der Waals surface area contributed by atoms with Gasteiger partial charge in [0.15, 0.2) is 0 Å². The molecule has 112 valence electrons. The molecule has 0 aromatic rings. The van der Waals surface area contributed by atoms with E-state index in [9.17, 15) is 14.7 Å². The minimum Gasteiger partial charge on any atom is -0.480 e. The molecule has 0 spiro atoms. The van der Waals surface area contributed by atoms with Gasteiger partial charge in [0.05, 0.1) is 5.37 Å². The summed E-state index contributed by atoms with van der Waals surface area (Å²) < 4.78 is 0. The lowest BCUT2D eigenvalue weighted by atomic mass is 9.85. The van der Waals surface area contributed by atoms with Crippen molar-refractivity contribution in [2.45, 2.75) is 56.0 Å².